The molecule has 1 aromatic carbocycles. The van der Waals surface area contributed by atoms with Crippen molar-refractivity contribution in [2.45, 2.75) is 20.3 Å². The van der Waals surface area contributed by atoms with Gasteiger partial charge >= 0.3 is 96.6 Å². The molecule has 3 nitrogen and oxygen atoms in total. The van der Waals surface area contributed by atoms with Crippen LogP contribution in [0.25, 0.3) is 5.57 Å². The molecule has 4 heteroatoms. The van der Waals surface area contributed by atoms with Crippen LogP contribution in [0.2, 0.25) is 0 Å². The van der Waals surface area contributed by atoms with Crippen LogP contribution in [0.4, 0.5) is 0 Å². The molecule has 0 amide bonds. The second-order valence-corrected chi connectivity index (χ2v) is 3.25. The van der Waals surface area contributed by atoms with E-state index in [1.807, 2.05) is 25.1 Å². The number of methoxy groups -OCH3 is 1. The van der Waals surface area contributed by atoms with Crippen LogP contribution in [0.5, 0.6) is 11.5 Å². The van der Waals surface area contributed by atoms with Gasteiger partial charge in [-0.3, -0.25) is 0 Å². The minimum atomic E-state index is 0.577. The maximum absolute atomic E-state index is 5.24. The van der Waals surface area contributed by atoms with Crippen LogP contribution >= 0.6 is 0 Å². The molecule has 0 aromatic heterocycles. The summed E-state index contributed by atoms with van der Waals surface area (Å²) in [7, 11) is 4.89. The third-order valence-electron chi connectivity index (χ3n) is 2.43. The number of benzene rings is 1. The molecule has 0 spiro atoms. The zero-order chi connectivity index (χ0) is 12.0. The van der Waals surface area contributed by atoms with Crippen molar-refractivity contribution in [3.05, 3.63) is 29.8 Å². The number of rotatable bonds is 5. The average Bonchev–Trinajstić information content (AvgIpc) is 2.32. The predicted molar refractivity (Wildman–Crippen MR) is 67.1 cm³/mol. The Bertz CT molecular complexity index is 402. The fourth-order valence-electron chi connectivity index (χ4n) is 1.59. The molecule has 0 saturated carbocycles. The van der Waals surface area contributed by atoms with Crippen LogP contribution in [-0.2, 0) is 0 Å². The molecule has 1 rings (SSSR count). The van der Waals surface area contributed by atoms with Gasteiger partial charge in [0.15, 0.2) is 0 Å². The van der Waals surface area contributed by atoms with Crippen molar-refractivity contribution in [3.8, 4) is 11.5 Å². The van der Waals surface area contributed by atoms with Gasteiger partial charge in [-0.2, -0.15) is 0 Å². The number of hydrogen-bond acceptors (Lipinski definition) is 3. The maximum atomic E-state index is 5.24. The molecule has 0 radical (unpaired) electrons. The van der Waals surface area contributed by atoms with E-state index < -0.39 is 0 Å². The van der Waals surface area contributed by atoms with Gasteiger partial charge in [0, 0.05) is 0 Å². The van der Waals surface area contributed by atoms with Crippen LogP contribution in [0.3, 0.4) is 0 Å². The van der Waals surface area contributed by atoms with E-state index in [2.05, 4.69) is 25.7 Å². The van der Waals surface area contributed by atoms with E-state index in [1.165, 1.54) is 5.57 Å². The summed E-state index contributed by atoms with van der Waals surface area (Å²) in [5.41, 5.74) is 2.41. The molecule has 0 heterocycles. The third kappa shape index (κ3) is 2.72. The number of hydrogen-bond donors (Lipinski definition) is 0. The summed E-state index contributed by atoms with van der Waals surface area (Å²) >= 11 is 0. The van der Waals surface area contributed by atoms with Gasteiger partial charge in [-0.05, 0) is 0 Å². The molecule has 0 aliphatic heterocycles. The molecule has 0 bridgehead atoms. The first-order chi connectivity index (χ1) is 7.76. The Morgan fingerprint density at radius 3 is 2.69 bits per heavy atom. The van der Waals surface area contributed by atoms with Crippen LogP contribution < -0.4 is 9.57 Å². The van der Waals surface area contributed by atoms with E-state index in [0.717, 1.165) is 12.0 Å². The molecule has 0 unspecified atom stereocenters. The first-order valence-electron chi connectivity index (χ1n) is 5.23. The molecule has 0 saturated heterocycles. The number of allylic oxidation sites excluding steroid dienone is 2. The molecular formula is C12H16BNO2. The molecule has 0 fully saturated rings. The van der Waals surface area contributed by atoms with Gasteiger partial charge in [0.2, 0.25) is 0 Å². The predicted octanol–water partition coefficient (Wildman–Crippen LogP) is 2.89. The first-order valence-corrected chi connectivity index (χ1v) is 5.23. The average molecular weight is 217 g/mol. The van der Waals surface area contributed by atoms with Gasteiger partial charge in [-0.25, -0.2) is 0 Å². The van der Waals surface area contributed by atoms with Gasteiger partial charge in [-0.15, -0.1) is 0 Å². The Kier molecular flexibility index (Phi) is 4.77. The molecule has 0 aliphatic rings. The van der Waals surface area contributed by atoms with E-state index in [9.17, 15) is 0 Å². The molecule has 0 N–H and O–H groups in total. The summed E-state index contributed by atoms with van der Waals surface area (Å²) in [5, 5.41) is 3.38. The fourth-order valence-corrected chi connectivity index (χ4v) is 1.59. The van der Waals surface area contributed by atoms with E-state index in [4.69, 9.17) is 9.57 Å². The molecule has 0 atom stereocenters. The van der Waals surface area contributed by atoms with Gasteiger partial charge in [0.1, 0.15) is 0 Å². The SMILES string of the molecule is B=NOc1ccc(/C(=C\C)CC)cc1OC. The molecule has 0 aliphatic carbocycles. The van der Waals surface area contributed by atoms with Crippen molar-refractivity contribution in [1.82, 2.24) is 0 Å². The monoisotopic (exact) mass is 217 g/mol. The molecular weight excluding hydrogens is 201 g/mol. The third-order valence-corrected chi connectivity index (χ3v) is 2.43. The second kappa shape index (κ2) is 6.11. The Balaban J connectivity index is 3.12. The Morgan fingerprint density at radius 2 is 2.19 bits per heavy atom. The van der Waals surface area contributed by atoms with Crippen LogP contribution in [0, 0.1) is 0 Å². The Morgan fingerprint density at radius 1 is 1.44 bits per heavy atom. The summed E-state index contributed by atoms with van der Waals surface area (Å²) in [5.74, 6) is 1.24. The standard InChI is InChI=1S/C12H16BNO2/c1-4-9(5-2)10-6-7-11(16-14-13)12(8-10)15-3/h4,6-8,13H,5H2,1-3H3/b9-4-. The van der Waals surface area contributed by atoms with Crippen molar-refractivity contribution in [2.24, 2.45) is 5.06 Å². The van der Waals surface area contributed by atoms with Crippen LogP contribution in [0.15, 0.2) is 29.3 Å². The van der Waals surface area contributed by atoms with Crippen LogP contribution in [-0.4, -0.2) is 14.7 Å². The topological polar surface area (TPSA) is 30.8 Å². The van der Waals surface area contributed by atoms with Crippen molar-refractivity contribution >= 4 is 13.2 Å². The summed E-state index contributed by atoms with van der Waals surface area (Å²) in [6.45, 7) is 4.15. The van der Waals surface area contributed by atoms with E-state index in [0.29, 0.717) is 11.5 Å². The summed E-state index contributed by atoms with van der Waals surface area (Å²) < 4.78 is 5.24. The Hall–Kier alpha value is -1.58. The normalized spacial score (nSPS) is 11.0. The Labute approximate surface area is 97.2 Å². The van der Waals surface area contributed by atoms with Gasteiger partial charge in [0.25, 0.3) is 0 Å². The second-order valence-electron chi connectivity index (χ2n) is 3.25. The molecule has 84 valence electrons. The van der Waals surface area contributed by atoms with E-state index in [1.54, 1.807) is 7.11 Å². The summed E-state index contributed by atoms with van der Waals surface area (Å²) in [6.07, 6.45) is 3.08. The van der Waals surface area contributed by atoms with Crippen molar-refractivity contribution in [1.29, 1.82) is 0 Å². The number of ether oxygens (including phenoxy) is 1. The summed E-state index contributed by atoms with van der Waals surface area (Å²) in [4.78, 5) is 5.00. The molecule has 1 aromatic rings. The van der Waals surface area contributed by atoms with E-state index >= 15 is 0 Å². The number of nitrogens with zero attached hydrogens (tertiary/aromatic N) is 1. The molecule has 16 heavy (non-hydrogen) atoms. The van der Waals surface area contributed by atoms with Gasteiger partial charge < -0.3 is 0 Å². The van der Waals surface area contributed by atoms with Gasteiger partial charge in [-0.1, -0.05) is 0 Å². The fraction of sp³-hybridized carbons (Fsp3) is 0.333. The summed E-state index contributed by atoms with van der Waals surface area (Å²) in [6, 6.07) is 5.77. The minimum absolute atomic E-state index is 0.577. The van der Waals surface area contributed by atoms with E-state index in [-0.39, 0.29) is 0 Å². The van der Waals surface area contributed by atoms with Crippen molar-refractivity contribution in [3.63, 3.8) is 0 Å². The first kappa shape index (κ1) is 12.5. The van der Waals surface area contributed by atoms with Crippen LogP contribution in [0.1, 0.15) is 25.8 Å². The zero-order valence-corrected chi connectivity index (χ0v) is 9.99. The quantitative estimate of drug-likeness (QED) is 0.560. The van der Waals surface area contributed by atoms with Crippen molar-refractivity contribution < 1.29 is 9.57 Å². The van der Waals surface area contributed by atoms with Gasteiger partial charge in [0.05, 0.1) is 0 Å². The van der Waals surface area contributed by atoms with Crippen molar-refractivity contribution in [2.75, 3.05) is 7.11 Å². The zero-order valence-electron chi connectivity index (χ0n) is 9.99.